The van der Waals surface area contributed by atoms with Crippen LogP contribution < -0.4 is 9.47 Å². The van der Waals surface area contributed by atoms with Crippen LogP contribution in [0.5, 0.6) is 23.3 Å². The second-order valence-corrected chi connectivity index (χ2v) is 8.39. The molecule has 0 unspecified atom stereocenters. The van der Waals surface area contributed by atoms with E-state index in [0.717, 1.165) is 17.9 Å². The molecule has 7 heteroatoms. The summed E-state index contributed by atoms with van der Waals surface area (Å²) >= 11 is 13.7. The molecule has 0 saturated carbocycles. The minimum absolute atomic E-state index is 0.451. The molecule has 24 heavy (non-hydrogen) atoms. The lowest BCUT2D eigenvalue weighted by atomic mass is 10.3. The molecule has 0 amide bonds. The van der Waals surface area contributed by atoms with E-state index < -0.39 is 0 Å². The first-order valence-electron chi connectivity index (χ1n) is 6.73. The molecule has 0 aliphatic carbocycles. The topological polar surface area (TPSA) is 31.4 Å². The van der Waals surface area contributed by atoms with Gasteiger partial charge in [0.2, 0.25) is 11.8 Å². The van der Waals surface area contributed by atoms with Crippen LogP contribution in [0.3, 0.4) is 0 Å². The zero-order valence-corrected chi connectivity index (χ0v) is 18.3. The molecule has 0 aliphatic heterocycles. The van der Waals surface area contributed by atoms with Crippen molar-refractivity contribution in [3.8, 4) is 23.3 Å². The van der Waals surface area contributed by atoms with Crippen LogP contribution in [0.4, 0.5) is 0 Å². The maximum absolute atomic E-state index is 5.80. The van der Waals surface area contributed by atoms with Gasteiger partial charge in [0.15, 0.2) is 0 Å². The van der Waals surface area contributed by atoms with Crippen molar-refractivity contribution in [3.05, 3.63) is 72.5 Å². The fourth-order valence-electron chi connectivity index (χ4n) is 1.93. The Hall–Kier alpha value is -0.890. The first-order chi connectivity index (χ1) is 11.5. The Labute approximate surface area is 172 Å². The summed E-state index contributed by atoms with van der Waals surface area (Å²) in [6, 6.07) is 16.7. The smallest absolute Gasteiger partial charge is 0.222 e. The monoisotopic (exact) mass is 575 g/mol. The van der Waals surface area contributed by atoms with Crippen molar-refractivity contribution in [1.82, 2.24) is 4.98 Å². The molecule has 3 rings (SSSR count). The predicted molar refractivity (Wildman–Crippen MR) is 108 cm³/mol. The van der Waals surface area contributed by atoms with Gasteiger partial charge < -0.3 is 9.47 Å². The Morgan fingerprint density at radius 2 is 0.958 bits per heavy atom. The van der Waals surface area contributed by atoms with Crippen LogP contribution in [-0.4, -0.2) is 4.98 Å². The third-order valence-electron chi connectivity index (χ3n) is 2.81. The molecule has 0 aliphatic rings. The van der Waals surface area contributed by atoms with Crippen molar-refractivity contribution in [2.45, 2.75) is 0 Å². The van der Waals surface area contributed by atoms with Gasteiger partial charge in [-0.05, 0) is 36.4 Å². The molecule has 0 radical (unpaired) electrons. The molecule has 0 atom stereocenters. The normalized spacial score (nSPS) is 10.5. The Morgan fingerprint density at radius 1 is 0.583 bits per heavy atom. The van der Waals surface area contributed by atoms with Crippen molar-refractivity contribution in [3.63, 3.8) is 0 Å². The summed E-state index contributed by atoms with van der Waals surface area (Å²) in [5.41, 5.74) is 0. The van der Waals surface area contributed by atoms with E-state index in [2.05, 4.69) is 68.7 Å². The zero-order chi connectivity index (χ0) is 17.1. The third-order valence-corrected chi connectivity index (χ3v) is 4.65. The van der Waals surface area contributed by atoms with Crippen molar-refractivity contribution in [1.29, 1.82) is 0 Å². The number of benzene rings is 2. The lowest BCUT2D eigenvalue weighted by molar-refractivity contribution is 0.426. The first-order valence-corrected chi connectivity index (χ1v) is 9.90. The minimum atomic E-state index is 0.451. The molecule has 0 N–H and O–H groups in total. The van der Waals surface area contributed by atoms with E-state index in [4.69, 9.17) is 9.47 Å². The van der Waals surface area contributed by atoms with Gasteiger partial charge in [-0.15, -0.1) is 0 Å². The number of rotatable bonds is 4. The van der Waals surface area contributed by atoms with Crippen molar-refractivity contribution in [2.24, 2.45) is 0 Å². The Bertz CT molecular complexity index is 777. The highest BCUT2D eigenvalue weighted by molar-refractivity contribution is 9.11. The van der Waals surface area contributed by atoms with Gasteiger partial charge in [-0.2, -0.15) is 4.98 Å². The molecule has 3 aromatic rings. The molecule has 2 aromatic carbocycles. The van der Waals surface area contributed by atoms with Crippen molar-refractivity contribution in [2.75, 3.05) is 0 Å². The predicted octanol–water partition coefficient (Wildman–Crippen LogP) is 7.72. The summed E-state index contributed by atoms with van der Waals surface area (Å²) in [5, 5.41) is 0. The summed E-state index contributed by atoms with van der Waals surface area (Å²) in [5.74, 6) is 2.25. The number of halogens is 4. The molecule has 122 valence electrons. The molecule has 0 bridgehead atoms. The maximum Gasteiger partial charge on any atom is 0.222 e. The highest BCUT2D eigenvalue weighted by atomic mass is 79.9. The zero-order valence-electron chi connectivity index (χ0n) is 12.0. The van der Waals surface area contributed by atoms with Gasteiger partial charge in [0.25, 0.3) is 0 Å². The molecule has 0 spiro atoms. The summed E-state index contributed by atoms with van der Waals surface area (Å²) in [7, 11) is 0. The third kappa shape index (κ3) is 5.05. The fourth-order valence-corrected chi connectivity index (χ4v) is 4.43. The fraction of sp³-hybridized carbons (Fsp3) is 0. The maximum atomic E-state index is 5.80. The molecule has 0 saturated heterocycles. The van der Waals surface area contributed by atoms with Gasteiger partial charge in [-0.25, -0.2) is 0 Å². The van der Waals surface area contributed by atoms with E-state index in [0.29, 0.717) is 23.3 Å². The van der Waals surface area contributed by atoms with Crippen molar-refractivity contribution >= 4 is 63.7 Å². The van der Waals surface area contributed by atoms with Crippen LogP contribution in [0.2, 0.25) is 0 Å². The molecule has 0 fully saturated rings. The molecular formula is C17H9Br4NO2. The Kier molecular flexibility index (Phi) is 5.97. The Balaban J connectivity index is 1.81. The second kappa shape index (κ2) is 7.99. The van der Waals surface area contributed by atoms with Gasteiger partial charge in [0.05, 0.1) is 0 Å². The summed E-state index contributed by atoms with van der Waals surface area (Å²) in [4.78, 5) is 4.38. The van der Waals surface area contributed by atoms with Gasteiger partial charge in [-0.1, -0.05) is 69.8 Å². The van der Waals surface area contributed by atoms with E-state index >= 15 is 0 Å². The molecule has 3 nitrogen and oxygen atoms in total. The van der Waals surface area contributed by atoms with E-state index in [1.54, 1.807) is 12.1 Å². The lowest BCUT2D eigenvalue weighted by Gasteiger charge is -2.09. The van der Waals surface area contributed by atoms with E-state index in [1.807, 2.05) is 42.5 Å². The Morgan fingerprint density at radius 3 is 1.33 bits per heavy atom. The lowest BCUT2D eigenvalue weighted by Crippen LogP contribution is -1.92. The van der Waals surface area contributed by atoms with Crippen LogP contribution in [0.1, 0.15) is 0 Å². The highest BCUT2D eigenvalue weighted by Gasteiger charge is 2.06. The first kappa shape index (κ1) is 17.9. The number of ether oxygens (including phenoxy) is 2. The number of hydrogen-bond acceptors (Lipinski definition) is 3. The van der Waals surface area contributed by atoms with Crippen LogP contribution >= 0.6 is 63.7 Å². The van der Waals surface area contributed by atoms with Gasteiger partial charge >= 0.3 is 0 Å². The van der Waals surface area contributed by atoms with Crippen LogP contribution in [0.15, 0.2) is 72.5 Å². The number of pyridine rings is 1. The minimum Gasteiger partial charge on any atom is -0.439 e. The highest BCUT2D eigenvalue weighted by Crippen LogP contribution is 2.31. The summed E-state index contributed by atoms with van der Waals surface area (Å²) in [6.45, 7) is 0. The van der Waals surface area contributed by atoms with Gasteiger partial charge in [-0.3, -0.25) is 0 Å². The van der Waals surface area contributed by atoms with Crippen molar-refractivity contribution < 1.29 is 9.47 Å². The van der Waals surface area contributed by atoms with Gasteiger partial charge in [0, 0.05) is 30.0 Å². The quantitative estimate of drug-likeness (QED) is 0.318. The van der Waals surface area contributed by atoms with E-state index in [-0.39, 0.29) is 0 Å². The SMILES string of the molecule is Brc1cc(Br)cc(Oc2cccc(Oc3cc(Br)cc(Br)c3)n2)c1. The summed E-state index contributed by atoms with van der Waals surface area (Å²) in [6.07, 6.45) is 0. The average molecular weight is 579 g/mol. The average Bonchev–Trinajstić information content (AvgIpc) is 2.45. The van der Waals surface area contributed by atoms with E-state index in [9.17, 15) is 0 Å². The van der Waals surface area contributed by atoms with Crippen LogP contribution in [-0.2, 0) is 0 Å². The van der Waals surface area contributed by atoms with Crippen LogP contribution in [0, 0.1) is 0 Å². The van der Waals surface area contributed by atoms with Crippen LogP contribution in [0.25, 0.3) is 0 Å². The number of hydrogen-bond donors (Lipinski definition) is 0. The summed E-state index contributed by atoms with van der Waals surface area (Å²) < 4.78 is 15.3. The van der Waals surface area contributed by atoms with Gasteiger partial charge in [0.1, 0.15) is 11.5 Å². The standard InChI is InChI=1S/C17H9Br4NO2/c18-10-4-11(19)7-14(6-10)23-16-2-1-3-17(22-16)24-15-8-12(20)5-13(21)9-15/h1-9H. The molecular weight excluding hydrogens is 570 g/mol. The van der Waals surface area contributed by atoms with E-state index in [1.165, 1.54) is 0 Å². The number of aromatic nitrogens is 1. The number of nitrogens with zero attached hydrogens (tertiary/aromatic N) is 1. The molecule has 1 aromatic heterocycles. The largest absolute Gasteiger partial charge is 0.439 e. The second-order valence-electron chi connectivity index (χ2n) is 4.73. The molecule has 1 heterocycles.